The number of hydroxylamine groups is 1. The molecule has 0 saturated carbocycles. The average Bonchev–Trinajstić information content (AvgIpc) is 2.95. The molecule has 0 bridgehead atoms. The number of hydrogen-bond acceptors (Lipinski definition) is 4. The molecule has 3 aromatic rings. The van der Waals surface area contributed by atoms with Crippen molar-refractivity contribution in [1.82, 2.24) is 15.3 Å². The number of rotatable bonds is 11. The number of halogens is 2. The summed E-state index contributed by atoms with van der Waals surface area (Å²) in [5, 5.41) is 0.0735. The van der Waals surface area contributed by atoms with Gasteiger partial charge in [0.05, 0.1) is 12.1 Å². The molecule has 1 fully saturated rings. The minimum atomic E-state index is -0.461. The molecule has 0 aromatic heterocycles. The number of amides is 2. The summed E-state index contributed by atoms with van der Waals surface area (Å²) in [4.78, 5) is 34.2. The predicted octanol–water partition coefficient (Wildman–Crippen LogP) is 5.61. The molecule has 1 atom stereocenters. The Bertz CT molecular complexity index is 1230. The van der Waals surface area contributed by atoms with Crippen LogP contribution in [0.1, 0.15) is 52.2 Å². The molecule has 39 heavy (non-hydrogen) atoms. The Balaban J connectivity index is 1.34. The first-order valence-corrected chi connectivity index (χ1v) is 13.7. The van der Waals surface area contributed by atoms with E-state index in [-0.39, 0.29) is 22.8 Å². The van der Waals surface area contributed by atoms with Gasteiger partial charge in [0.1, 0.15) is 5.82 Å². The smallest absolute Gasteiger partial charge is 0.274 e. The highest BCUT2D eigenvalue weighted by molar-refractivity contribution is 6.30. The van der Waals surface area contributed by atoms with E-state index in [4.69, 9.17) is 11.6 Å². The lowest BCUT2D eigenvalue weighted by molar-refractivity contribution is -0.133. The van der Waals surface area contributed by atoms with E-state index in [0.29, 0.717) is 25.1 Å². The summed E-state index contributed by atoms with van der Waals surface area (Å²) in [7, 11) is 1.40. The second kappa shape index (κ2) is 14.2. The lowest BCUT2D eigenvalue weighted by Crippen LogP contribution is -2.48. The molecule has 2 amide bonds. The lowest BCUT2D eigenvalue weighted by Gasteiger charge is -2.35. The number of carbonyl (C=O) groups is 2. The molecular formula is C31H35ClFN3O3. The SMILES string of the molecule is CONC(=O)c1ccc(CCCC(CC(=O)N2CCN(Cc3ccccc3)CC2)c2ccc(F)c(Cl)c2)cc1. The summed E-state index contributed by atoms with van der Waals surface area (Å²) in [6, 6.07) is 22.5. The highest BCUT2D eigenvalue weighted by atomic mass is 35.5. The molecule has 6 nitrogen and oxygen atoms in total. The Labute approximate surface area is 234 Å². The van der Waals surface area contributed by atoms with Gasteiger partial charge in [-0.2, -0.15) is 0 Å². The molecule has 4 rings (SSSR count). The maximum absolute atomic E-state index is 13.9. The van der Waals surface area contributed by atoms with E-state index in [1.54, 1.807) is 24.3 Å². The Kier molecular flexibility index (Phi) is 10.5. The molecule has 0 radical (unpaired) electrons. The van der Waals surface area contributed by atoms with Crippen LogP contribution in [-0.2, 0) is 22.6 Å². The Hall–Kier alpha value is -3.26. The van der Waals surface area contributed by atoms with E-state index < -0.39 is 5.82 Å². The molecule has 1 saturated heterocycles. The third kappa shape index (κ3) is 8.36. The molecular weight excluding hydrogens is 517 g/mol. The molecule has 0 aliphatic carbocycles. The summed E-state index contributed by atoms with van der Waals surface area (Å²) in [5.41, 5.74) is 6.08. The standard InChI is InChI=1S/C31H35ClFN3O3/c1-39-34-31(38)25-12-10-23(11-13-25)8-5-9-26(27-14-15-29(33)28(32)20-27)21-30(37)36-18-16-35(17-19-36)22-24-6-3-2-4-7-24/h2-4,6-7,10-15,20,26H,5,8-9,16-19,21-22H2,1H3,(H,34,38). The highest BCUT2D eigenvalue weighted by Gasteiger charge is 2.25. The number of carbonyl (C=O) groups excluding carboxylic acids is 2. The van der Waals surface area contributed by atoms with E-state index >= 15 is 0 Å². The van der Waals surface area contributed by atoms with E-state index in [0.717, 1.165) is 50.0 Å². The fourth-order valence-electron chi connectivity index (χ4n) is 5.02. The van der Waals surface area contributed by atoms with Crippen LogP contribution in [0.15, 0.2) is 72.8 Å². The first kappa shape index (κ1) is 28.7. The van der Waals surface area contributed by atoms with Crippen molar-refractivity contribution in [3.05, 3.63) is 106 Å². The van der Waals surface area contributed by atoms with Gasteiger partial charge < -0.3 is 4.90 Å². The minimum absolute atomic E-state index is 0.0651. The van der Waals surface area contributed by atoms with Gasteiger partial charge in [0.2, 0.25) is 5.91 Å². The van der Waals surface area contributed by atoms with Crippen molar-refractivity contribution in [3.63, 3.8) is 0 Å². The van der Waals surface area contributed by atoms with Crippen LogP contribution < -0.4 is 5.48 Å². The quantitative estimate of drug-likeness (QED) is 0.315. The van der Waals surface area contributed by atoms with Crippen molar-refractivity contribution >= 4 is 23.4 Å². The van der Waals surface area contributed by atoms with Gasteiger partial charge >= 0.3 is 0 Å². The third-order valence-electron chi connectivity index (χ3n) is 7.24. The van der Waals surface area contributed by atoms with E-state index in [2.05, 4.69) is 27.4 Å². The molecule has 1 aliphatic rings. The van der Waals surface area contributed by atoms with Crippen LogP contribution in [0.4, 0.5) is 4.39 Å². The molecule has 1 N–H and O–H groups in total. The number of nitrogens with zero attached hydrogens (tertiary/aromatic N) is 2. The first-order chi connectivity index (χ1) is 18.9. The fraction of sp³-hybridized carbons (Fsp3) is 0.355. The van der Waals surface area contributed by atoms with E-state index in [1.807, 2.05) is 35.2 Å². The summed E-state index contributed by atoms with van der Waals surface area (Å²) in [5.74, 6) is -0.702. The van der Waals surface area contributed by atoms with Gasteiger partial charge in [-0.3, -0.25) is 19.3 Å². The van der Waals surface area contributed by atoms with Gasteiger partial charge in [0.25, 0.3) is 5.91 Å². The lowest BCUT2D eigenvalue weighted by atomic mass is 9.89. The van der Waals surface area contributed by atoms with Gasteiger partial charge in [-0.25, -0.2) is 9.87 Å². The molecule has 1 aliphatic heterocycles. The van der Waals surface area contributed by atoms with Crippen LogP contribution in [-0.4, -0.2) is 54.9 Å². The van der Waals surface area contributed by atoms with Crippen molar-refractivity contribution in [1.29, 1.82) is 0 Å². The number of aryl methyl sites for hydroxylation is 1. The highest BCUT2D eigenvalue weighted by Crippen LogP contribution is 2.30. The summed E-state index contributed by atoms with van der Waals surface area (Å²) in [6.07, 6.45) is 2.75. The van der Waals surface area contributed by atoms with Gasteiger partial charge in [-0.1, -0.05) is 60.1 Å². The summed E-state index contributed by atoms with van der Waals surface area (Å²) >= 11 is 6.10. The van der Waals surface area contributed by atoms with Crippen LogP contribution in [0, 0.1) is 5.82 Å². The second-order valence-electron chi connectivity index (χ2n) is 9.94. The Morgan fingerprint density at radius 1 is 0.974 bits per heavy atom. The number of nitrogens with one attached hydrogen (secondary N) is 1. The van der Waals surface area contributed by atoms with Crippen molar-refractivity contribution in [2.24, 2.45) is 0 Å². The first-order valence-electron chi connectivity index (χ1n) is 13.3. The Morgan fingerprint density at radius 2 is 1.69 bits per heavy atom. The molecule has 1 unspecified atom stereocenters. The van der Waals surface area contributed by atoms with Crippen LogP contribution in [0.25, 0.3) is 0 Å². The maximum atomic E-state index is 13.9. The van der Waals surface area contributed by atoms with Crippen molar-refractivity contribution in [2.45, 2.75) is 38.1 Å². The van der Waals surface area contributed by atoms with Crippen molar-refractivity contribution in [3.8, 4) is 0 Å². The second-order valence-corrected chi connectivity index (χ2v) is 10.3. The zero-order chi connectivity index (χ0) is 27.6. The number of piperazine rings is 1. The molecule has 1 heterocycles. The summed E-state index contributed by atoms with van der Waals surface area (Å²) in [6.45, 7) is 3.97. The largest absolute Gasteiger partial charge is 0.340 e. The minimum Gasteiger partial charge on any atom is -0.340 e. The zero-order valence-corrected chi connectivity index (χ0v) is 23.0. The van der Waals surface area contributed by atoms with Crippen LogP contribution >= 0.6 is 11.6 Å². The van der Waals surface area contributed by atoms with E-state index in [1.165, 1.54) is 18.7 Å². The summed E-state index contributed by atoms with van der Waals surface area (Å²) < 4.78 is 13.9. The predicted molar refractivity (Wildman–Crippen MR) is 151 cm³/mol. The van der Waals surface area contributed by atoms with E-state index in [9.17, 15) is 14.0 Å². The van der Waals surface area contributed by atoms with Gasteiger partial charge in [0, 0.05) is 44.7 Å². The van der Waals surface area contributed by atoms with Crippen molar-refractivity contribution in [2.75, 3.05) is 33.3 Å². The zero-order valence-electron chi connectivity index (χ0n) is 22.2. The normalized spacial score (nSPS) is 14.7. The molecule has 3 aromatic carbocycles. The number of benzene rings is 3. The third-order valence-corrected chi connectivity index (χ3v) is 7.53. The average molecular weight is 552 g/mol. The molecule has 0 spiro atoms. The molecule has 8 heteroatoms. The monoisotopic (exact) mass is 551 g/mol. The van der Waals surface area contributed by atoms with Crippen LogP contribution in [0.3, 0.4) is 0 Å². The van der Waals surface area contributed by atoms with Gasteiger partial charge in [-0.05, 0) is 66.1 Å². The van der Waals surface area contributed by atoms with Gasteiger partial charge in [0.15, 0.2) is 0 Å². The molecule has 206 valence electrons. The van der Waals surface area contributed by atoms with Crippen molar-refractivity contribution < 1.29 is 18.8 Å². The number of hydrogen-bond donors (Lipinski definition) is 1. The van der Waals surface area contributed by atoms with Crippen LogP contribution in [0.2, 0.25) is 5.02 Å². The topological polar surface area (TPSA) is 61.9 Å². The maximum Gasteiger partial charge on any atom is 0.274 e. The fourth-order valence-corrected chi connectivity index (χ4v) is 5.21. The van der Waals surface area contributed by atoms with Crippen LogP contribution in [0.5, 0.6) is 0 Å². The Morgan fingerprint density at radius 3 is 2.36 bits per heavy atom. The van der Waals surface area contributed by atoms with Gasteiger partial charge in [-0.15, -0.1) is 0 Å².